The number of amides is 2. The Labute approximate surface area is 93.2 Å². The maximum absolute atomic E-state index is 11.3. The van der Waals surface area contributed by atoms with Crippen LogP contribution in [0.2, 0.25) is 5.02 Å². The monoisotopic (exact) mass is 228 g/mol. The Bertz CT molecular complexity index is 342. The van der Waals surface area contributed by atoms with Gasteiger partial charge in [0.2, 0.25) is 0 Å². The van der Waals surface area contributed by atoms with Gasteiger partial charge in [0, 0.05) is 17.3 Å². The first-order valence-corrected chi connectivity index (χ1v) is 4.94. The number of aliphatic hydroxyl groups is 1. The lowest BCUT2D eigenvalue weighted by Crippen LogP contribution is -2.34. The molecule has 0 aliphatic heterocycles. The largest absolute Gasteiger partial charge is 0.392 e. The second-order valence-corrected chi connectivity index (χ2v) is 3.63. The van der Waals surface area contributed by atoms with Crippen LogP contribution in [0.1, 0.15) is 6.92 Å². The van der Waals surface area contributed by atoms with E-state index in [1.165, 1.54) is 0 Å². The molecule has 0 bridgehead atoms. The first kappa shape index (κ1) is 11.8. The van der Waals surface area contributed by atoms with Crippen molar-refractivity contribution in [1.82, 2.24) is 5.32 Å². The Morgan fingerprint density at radius 3 is 2.93 bits per heavy atom. The molecule has 0 saturated heterocycles. The molecule has 0 fully saturated rings. The summed E-state index contributed by atoms with van der Waals surface area (Å²) < 4.78 is 0. The quantitative estimate of drug-likeness (QED) is 0.739. The van der Waals surface area contributed by atoms with Crippen molar-refractivity contribution in [2.45, 2.75) is 13.0 Å². The lowest BCUT2D eigenvalue weighted by molar-refractivity contribution is 0.190. The molecule has 0 spiro atoms. The van der Waals surface area contributed by atoms with Crippen LogP contribution in [-0.2, 0) is 0 Å². The molecule has 82 valence electrons. The van der Waals surface area contributed by atoms with Gasteiger partial charge in [-0.1, -0.05) is 17.7 Å². The average Bonchev–Trinajstić information content (AvgIpc) is 2.15. The topological polar surface area (TPSA) is 61.4 Å². The van der Waals surface area contributed by atoms with E-state index in [0.717, 1.165) is 0 Å². The van der Waals surface area contributed by atoms with Crippen molar-refractivity contribution in [2.24, 2.45) is 0 Å². The fourth-order valence-electron chi connectivity index (χ4n) is 0.982. The van der Waals surface area contributed by atoms with Gasteiger partial charge in [-0.05, 0) is 25.1 Å². The van der Waals surface area contributed by atoms with E-state index in [4.69, 9.17) is 16.7 Å². The maximum atomic E-state index is 11.3. The Kier molecular flexibility index (Phi) is 4.39. The predicted octanol–water partition coefficient (Wildman–Crippen LogP) is 1.84. The Morgan fingerprint density at radius 2 is 2.33 bits per heavy atom. The summed E-state index contributed by atoms with van der Waals surface area (Å²) >= 11 is 5.74. The van der Waals surface area contributed by atoms with E-state index < -0.39 is 6.10 Å². The lowest BCUT2D eigenvalue weighted by atomic mass is 10.3. The molecule has 15 heavy (non-hydrogen) atoms. The second-order valence-electron chi connectivity index (χ2n) is 3.19. The van der Waals surface area contributed by atoms with Crippen molar-refractivity contribution in [3.8, 4) is 0 Å². The average molecular weight is 229 g/mol. The summed E-state index contributed by atoms with van der Waals surface area (Å²) in [6.45, 7) is 1.81. The number of benzene rings is 1. The number of nitrogens with one attached hydrogen (secondary N) is 2. The SMILES string of the molecule is C[C@H](O)CNC(=O)Nc1cccc(Cl)c1. The van der Waals surface area contributed by atoms with Gasteiger partial charge >= 0.3 is 6.03 Å². The van der Waals surface area contributed by atoms with Gasteiger partial charge in [0.1, 0.15) is 0 Å². The van der Waals surface area contributed by atoms with Crippen molar-refractivity contribution in [2.75, 3.05) is 11.9 Å². The van der Waals surface area contributed by atoms with Crippen molar-refractivity contribution >= 4 is 23.3 Å². The normalized spacial score (nSPS) is 11.9. The molecule has 1 rings (SSSR count). The fourth-order valence-corrected chi connectivity index (χ4v) is 1.17. The van der Waals surface area contributed by atoms with Crippen molar-refractivity contribution in [1.29, 1.82) is 0 Å². The van der Waals surface area contributed by atoms with E-state index in [0.29, 0.717) is 10.7 Å². The van der Waals surface area contributed by atoms with E-state index >= 15 is 0 Å². The highest BCUT2D eigenvalue weighted by atomic mass is 35.5. The molecule has 0 unspecified atom stereocenters. The highest BCUT2D eigenvalue weighted by Gasteiger charge is 2.02. The van der Waals surface area contributed by atoms with Crippen LogP contribution in [0.25, 0.3) is 0 Å². The zero-order chi connectivity index (χ0) is 11.3. The molecule has 3 N–H and O–H groups in total. The summed E-state index contributed by atoms with van der Waals surface area (Å²) in [6, 6.07) is 6.47. The first-order chi connectivity index (χ1) is 7.08. The molecule has 2 amide bonds. The smallest absolute Gasteiger partial charge is 0.319 e. The molecule has 1 aromatic rings. The van der Waals surface area contributed by atoms with E-state index in [1.807, 2.05) is 0 Å². The Hall–Kier alpha value is -1.26. The van der Waals surface area contributed by atoms with Crippen LogP contribution in [0.3, 0.4) is 0 Å². The van der Waals surface area contributed by atoms with Gasteiger partial charge in [-0.15, -0.1) is 0 Å². The van der Waals surface area contributed by atoms with E-state index in [1.54, 1.807) is 31.2 Å². The minimum absolute atomic E-state index is 0.215. The zero-order valence-corrected chi connectivity index (χ0v) is 9.08. The van der Waals surface area contributed by atoms with Crippen LogP contribution in [0.5, 0.6) is 0 Å². The minimum Gasteiger partial charge on any atom is -0.392 e. The van der Waals surface area contributed by atoms with Crippen LogP contribution in [-0.4, -0.2) is 23.8 Å². The number of aliphatic hydroxyl groups excluding tert-OH is 1. The number of anilines is 1. The molecule has 0 saturated carbocycles. The second kappa shape index (κ2) is 5.58. The molecule has 1 atom stereocenters. The van der Waals surface area contributed by atoms with Gasteiger partial charge in [0.05, 0.1) is 6.10 Å². The summed E-state index contributed by atoms with van der Waals surface area (Å²) in [5, 5.41) is 14.6. The van der Waals surface area contributed by atoms with Crippen LogP contribution < -0.4 is 10.6 Å². The third-order valence-corrected chi connectivity index (χ3v) is 1.88. The summed E-state index contributed by atoms with van der Waals surface area (Å²) in [5.74, 6) is 0. The summed E-state index contributed by atoms with van der Waals surface area (Å²) in [4.78, 5) is 11.3. The maximum Gasteiger partial charge on any atom is 0.319 e. The van der Waals surface area contributed by atoms with E-state index in [2.05, 4.69) is 10.6 Å². The van der Waals surface area contributed by atoms with Gasteiger partial charge in [0.25, 0.3) is 0 Å². The van der Waals surface area contributed by atoms with Crippen molar-refractivity contribution in [3.63, 3.8) is 0 Å². The Balaban J connectivity index is 2.44. The Morgan fingerprint density at radius 1 is 1.60 bits per heavy atom. The van der Waals surface area contributed by atoms with Gasteiger partial charge in [-0.25, -0.2) is 4.79 Å². The number of rotatable bonds is 3. The number of urea groups is 1. The molecule has 0 aliphatic rings. The van der Waals surface area contributed by atoms with Crippen LogP contribution in [0.15, 0.2) is 24.3 Å². The van der Waals surface area contributed by atoms with Gasteiger partial charge in [-0.3, -0.25) is 0 Å². The number of carbonyl (C=O) groups is 1. The molecular weight excluding hydrogens is 216 g/mol. The standard InChI is InChI=1S/C10H13ClN2O2/c1-7(14)6-12-10(15)13-9-4-2-3-8(11)5-9/h2-5,7,14H,6H2,1H3,(H2,12,13,15)/t7-/m0/s1. The van der Waals surface area contributed by atoms with E-state index in [-0.39, 0.29) is 12.6 Å². The molecule has 0 aromatic heterocycles. The summed E-state index contributed by atoms with van der Waals surface area (Å²) in [7, 11) is 0. The van der Waals surface area contributed by atoms with Crippen molar-refractivity contribution in [3.05, 3.63) is 29.3 Å². The number of carbonyl (C=O) groups excluding carboxylic acids is 1. The third kappa shape index (κ3) is 4.67. The first-order valence-electron chi connectivity index (χ1n) is 4.56. The molecule has 0 heterocycles. The summed E-state index contributed by atoms with van der Waals surface area (Å²) in [5.41, 5.74) is 0.616. The molecule has 4 nitrogen and oxygen atoms in total. The van der Waals surface area contributed by atoms with Crippen LogP contribution in [0.4, 0.5) is 10.5 Å². The van der Waals surface area contributed by atoms with Crippen LogP contribution in [0, 0.1) is 0 Å². The third-order valence-electron chi connectivity index (χ3n) is 1.64. The molecular formula is C10H13ClN2O2. The van der Waals surface area contributed by atoms with Gasteiger partial charge in [0.15, 0.2) is 0 Å². The van der Waals surface area contributed by atoms with Gasteiger partial charge < -0.3 is 15.7 Å². The number of hydrogen-bond acceptors (Lipinski definition) is 2. The van der Waals surface area contributed by atoms with E-state index in [9.17, 15) is 4.79 Å². The number of halogens is 1. The molecule has 1 aromatic carbocycles. The highest BCUT2D eigenvalue weighted by molar-refractivity contribution is 6.30. The molecule has 0 radical (unpaired) electrons. The van der Waals surface area contributed by atoms with Crippen LogP contribution >= 0.6 is 11.6 Å². The molecule has 0 aliphatic carbocycles. The highest BCUT2D eigenvalue weighted by Crippen LogP contribution is 2.14. The minimum atomic E-state index is -0.560. The predicted molar refractivity (Wildman–Crippen MR) is 60.2 cm³/mol. The van der Waals surface area contributed by atoms with Gasteiger partial charge in [-0.2, -0.15) is 0 Å². The zero-order valence-electron chi connectivity index (χ0n) is 8.33. The number of hydrogen-bond donors (Lipinski definition) is 3. The summed E-state index contributed by atoms with van der Waals surface area (Å²) in [6.07, 6.45) is -0.560. The lowest BCUT2D eigenvalue weighted by Gasteiger charge is -2.08. The van der Waals surface area contributed by atoms with Crippen molar-refractivity contribution < 1.29 is 9.90 Å². The fraction of sp³-hybridized carbons (Fsp3) is 0.300. The molecule has 5 heteroatoms.